The predicted octanol–water partition coefficient (Wildman–Crippen LogP) is 1.04. The third kappa shape index (κ3) is 2.59. The van der Waals surface area contributed by atoms with Crippen LogP contribution in [0.15, 0.2) is 24.3 Å². The van der Waals surface area contributed by atoms with Crippen LogP contribution in [-0.2, 0) is 10.0 Å². The lowest BCUT2D eigenvalue weighted by Crippen LogP contribution is -2.33. The number of amides is 1. The summed E-state index contributed by atoms with van der Waals surface area (Å²) in [6, 6.07) is 7.20. The van der Waals surface area contributed by atoms with E-state index in [9.17, 15) is 13.2 Å². The highest BCUT2D eigenvalue weighted by Gasteiger charge is 2.42. The molecule has 0 spiro atoms. The maximum absolute atomic E-state index is 12.8. The maximum Gasteiger partial charge on any atom is 0.253 e. The van der Waals surface area contributed by atoms with Gasteiger partial charge in [-0.1, -0.05) is 6.07 Å². The fraction of sp³-hybridized carbons (Fsp3) is 0.588. The Bertz CT molecular complexity index is 764. The van der Waals surface area contributed by atoms with Gasteiger partial charge < -0.3 is 10.6 Å². The van der Waals surface area contributed by atoms with Crippen molar-refractivity contribution in [3.05, 3.63) is 29.8 Å². The number of likely N-dealkylation sites (tertiary alicyclic amines) is 1. The maximum atomic E-state index is 12.8. The molecule has 1 amide bonds. The van der Waals surface area contributed by atoms with E-state index in [2.05, 4.69) is 0 Å². The molecular formula is C17H23N3O3S. The van der Waals surface area contributed by atoms with Gasteiger partial charge in [0.15, 0.2) is 0 Å². The average molecular weight is 349 g/mol. The van der Waals surface area contributed by atoms with Gasteiger partial charge in [-0.2, -0.15) is 0 Å². The second-order valence-electron chi connectivity index (χ2n) is 7.17. The number of nitrogens with zero attached hydrogens (tertiary/aromatic N) is 2. The van der Waals surface area contributed by atoms with Crippen LogP contribution in [0.5, 0.6) is 0 Å². The molecule has 3 fully saturated rings. The monoisotopic (exact) mass is 349 g/mol. The summed E-state index contributed by atoms with van der Waals surface area (Å²) < 4.78 is 25.6. The van der Waals surface area contributed by atoms with Gasteiger partial charge in [0, 0.05) is 31.2 Å². The molecule has 4 rings (SSSR count). The summed E-state index contributed by atoms with van der Waals surface area (Å²) >= 11 is 0. The molecule has 0 bridgehead atoms. The van der Waals surface area contributed by atoms with Crippen molar-refractivity contribution in [3.8, 4) is 0 Å². The van der Waals surface area contributed by atoms with E-state index in [0.717, 1.165) is 25.9 Å². The van der Waals surface area contributed by atoms with Crippen LogP contribution in [0.3, 0.4) is 0 Å². The zero-order valence-corrected chi connectivity index (χ0v) is 14.4. The first-order chi connectivity index (χ1) is 11.5. The molecule has 2 aliphatic heterocycles. The number of nitrogens with two attached hydrogens (primary N) is 1. The molecule has 2 saturated heterocycles. The molecule has 130 valence electrons. The molecule has 2 heterocycles. The van der Waals surface area contributed by atoms with E-state index < -0.39 is 10.0 Å². The zero-order valence-electron chi connectivity index (χ0n) is 13.6. The molecule has 24 heavy (non-hydrogen) atoms. The van der Waals surface area contributed by atoms with Crippen LogP contribution >= 0.6 is 0 Å². The standard InChI is InChI=1S/C17H23N3O3S/c18-16-6-5-13-10-19(11-15(13)16)17(21)12-3-1-4-14(9-12)20-7-2-8-24(20,22)23/h1,3-4,9,13,15-16H,2,5-8,10-11,18H2. The summed E-state index contributed by atoms with van der Waals surface area (Å²) in [5.74, 6) is 1.09. The number of sulfonamides is 1. The van der Waals surface area contributed by atoms with E-state index in [1.54, 1.807) is 24.3 Å². The molecule has 1 aromatic rings. The van der Waals surface area contributed by atoms with Gasteiger partial charge in [-0.3, -0.25) is 9.10 Å². The number of benzene rings is 1. The lowest BCUT2D eigenvalue weighted by Gasteiger charge is -2.21. The van der Waals surface area contributed by atoms with E-state index in [1.807, 2.05) is 4.90 Å². The van der Waals surface area contributed by atoms with Gasteiger partial charge >= 0.3 is 0 Å². The Morgan fingerprint density at radius 3 is 2.75 bits per heavy atom. The summed E-state index contributed by atoms with van der Waals surface area (Å²) in [6.45, 7) is 1.98. The van der Waals surface area contributed by atoms with Gasteiger partial charge in [0.05, 0.1) is 11.4 Å². The quantitative estimate of drug-likeness (QED) is 0.864. The fourth-order valence-electron chi connectivity index (χ4n) is 4.38. The predicted molar refractivity (Wildman–Crippen MR) is 92.3 cm³/mol. The second kappa shape index (κ2) is 5.74. The number of anilines is 1. The molecule has 1 aromatic carbocycles. The first-order valence-electron chi connectivity index (χ1n) is 8.61. The van der Waals surface area contributed by atoms with Crippen LogP contribution in [0.2, 0.25) is 0 Å². The number of hydrogen-bond donors (Lipinski definition) is 1. The van der Waals surface area contributed by atoms with Gasteiger partial charge in [-0.25, -0.2) is 8.42 Å². The first kappa shape index (κ1) is 15.9. The number of carbonyl (C=O) groups is 1. The van der Waals surface area contributed by atoms with Crippen molar-refractivity contribution in [2.45, 2.75) is 25.3 Å². The van der Waals surface area contributed by atoms with Gasteiger partial charge in [0.25, 0.3) is 5.91 Å². The number of hydrogen-bond acceptors (Lipinski definition) is 4. The summed E-state index contributed by atoms with van der Waals surface area (Å²) in [6.07, 6.45) is 2.79. The van der Waals surface area contributed by atoms with Gasteiger partial charge in [-0.05, 0) is 49.3 Å². The van der Waals surface area contributed by atoms with E-state index >= 15 is 0 Å². The van der Waals surface area contributed by atoms with E-state index in [1.165, 1.54) is 4.31 Å². The number of rotatable bonds is 2. The van der Waals surface area contributed by atoms with Crippen LogP contribution in [0, 0.1) is 11.8 Å². The zero-order chi connectivity index (χ0) is 16.9. The minimum absolute atomic E-state index is 0.0185. The average Bonchev–Trinajstić information content (AvgIpc) is 3.23. The third-order valence-corrected chi connectivity index (χ3v) is 7.55. The van der Waals surface area contributed by atoms with Crippen LogP contribution in [0.4, 0.5) is 5.69 Å². The van der Waals surface area contributed by atoms with Gasteiger partial charge in [0.2, 0.25) is 10.0 Å². The summed E-state index contributed by atoms with van der Waals surface area (Å²) in [5.41, 5.74) is 7.30. The summed E-state index contributed by atoms with van der Waals surface area (Å²) in [4.78, 5) is 14.7. The van der Waals surface area contributed by atoms with Crippen LogP contribution in [0.25, 0.3) is 0 Å². The first-order valence-corrected chi connectivity index (χ1v) is 10.2. The highest BCUT2D eigenvalue weighted by molar-refractivity contribution is 7.93. The minimum atomic E-state index is -3.23. The third-order valence-electron chi connectivity index (χ3n) is 5.68. The van der Waals surface area contributed by atoms with Gasteiger partial charge in [-0.15, -0.1) is 0 Å². The Balaban J connectivity index is 1.55. The second-order valence-corrected chi connectivity index (χ2v) is 9.18. The SMILES string of the molecule is NC1CCC2CN(C(=O)c3cccc(N4CCCS4(=O)=O)c3)CC12. The molecule has 3 aliphatic rings. The van der Waals surface area contributed by atoms with E-state index in [-0.39, 0.29) is 17.7 Å². The lowest BCUT2D eigenvalue weighted by atomic mass is 9.98. The molecule has 1 saturated carbocycles. The Labute approximate surface area is 142 Å². The number of fused-ring (bicyclic) bond motifs is 1. The van der Waals surface area contributed by atoms with Crippen molar-refractivity contribution < 1.29 is 13.2 Å². The Morgan fingerprint density at radius 2 is 2.04 bits per heavy atom. The molecule has 0 radical (unpaired) electrons. The number of carbonyl (C=O) groups excluding carboxylic acids is 1. The summed E-state index contributed by atoms with van der Waals surface area (Å²) in [5, 5.41) is 0. The smallest absolute Gasteiger partial charge is 0.253 e. The van der Waals surface area contributed by atoms with Crippen molar-refractivity contribution in [2.24, 2.45) is 17.6 Å². The Morgan fingerprint density at radius 1 is 1.21 bits per heavy atom. The van der Waals surface area contributed by atoms with Crippen LogP contribution in [-0.4, -0.2) is 50.7 Å². The molecule has 6 nitrogen and oxygen atoms in total. The largest absolute Gasteiger partial charge is 0.338 e. The van der Waals surface area contributed by atoms with Crippen molar-refractivity contribution in [1.82, 2.24) is 4.90 Å². The van der Waals surface area contributed by atoms with Crippen LogP contribution in [0.1, 0.15) is 29.6 Å². The van der Waals surface area contributed by atoms with E-state index in [0.29, 0.717) is 36.1 Å². The van der Waals surface area contributed by atoms with Gasteiger partial charge in [0.1, 0.15) is 0 Å². The molecule has 7 heteroatoms. The van der Waals surface area contributed by atoms with Crippen molar-refractivity contribution >= 4 is 21.6 Å². The molecule has 3 unspecified atom stereocenters. The fourth-order valence-corrected chi connectivity index (χ4v) is 5.94. The van der Waals surface area contributed by atoms with E-state index in [4.69, 9.17) is 5.73 Å². The van der Waals surface area contributed by atoms with Crippen LogP contribution < -0.4 is 10.0 Å². The van der Waals surface area contributed by atoms with Crippen molar-refractivity contribution in [2.75, 3.05) is 29.7 Å². The molecular weight excluding hydrogens is 326 g/mol. The topological polar surface area (TPSA) is 83.7 Å². The molecule has 3 atom stereocenters. The van der Waals surface area contributed by atoms with Crippen molar-refractivity contribution in [1.29, 1.82) is 0 Å². The Kier molecular flexibility index (Phi) is 3.80. The summed E-state index contributed by atoms with van der Waals surface area (Å²) in [7, 11) is -3.23. The normalized spacial score (nSPS) is 31.5. The molecule has 2 N–H and O–H groups in total. The minimum Gasteiger partial charge on any atom is -0.338 e. The Hall–Kier alpha value is -1.60. The van der Waals surface area contributed by atoms with Crippen molar-refractivity contribution in [3.63, 3.8) is 0 Å². The molecule has 0 aromatic heterocycles. The lowest BCUT2D eigenvalue weighted by molar-refractivity contribution is 0.0779. The highest BCUT2D eigenvalue weighted by atomic mass is 32.2. The molecule has 1 aliphatic carbocycles. The highest BCUT2D eigenvalue weighted by Crippen LogP contribution is 2.37.